The van der Waals surface area contributed by atoms with Crippen LogP contribution in [0.2, 0.25) is 0 Å². The summed E-state index contributed by atoms with van der Waals surface area (Å²) in [5.74, 6) is 1.00. The lowest BCUT2D eigenvalue weighted by molar-refractivity contribution is -0.385. The number of nitro groups is 1. The highest BCUT2D eigenvalue weighted by atomic mass is 32.2. The Labute approximate surface area is 175 Å². The Morgan fingerprint density at radius 2 is 2.00 bits per heavy atom. The second-order valence-corrected chi connectivity index (χ2v) is 6.96. The second-order valence-electron chi connectivity index (χ2n) is 6.03. The quantitative estimate of drug-likeness (QED) is 0.323. The number of methoxy groups -OCH3 is 2. The average Bonchev–Trinajstić information content (AvgIpc) is 3.21. The third kappa shape index (κ3) is 4.87. The van der Waals surface area contributed by atoms with Gasteiger partial charge in [-0.1, -0.05) is 17.8 Å². The maximum absolute atomic E-state index is 12.2. The molecule has 1 amide bonds. The van der Waals surface area contributed by atoms with Gasteiger partial charge in [0.2, 0.25) is 5.91 Å². The molecule has 1 heterocycles. The molecular formula is C19H18N4O6S. The van der Waals surface area contributed by atoms with Gasteiger partial charge in [0, 0.05) is 23.4 Å². The minimum atomic E-state index is -0.493. The van der Waals surface area contributed by atoms with Crippen LogP contribution in [0.4, 0.5) is 11.4 Å². The number of aryl methyl sites for hydroxylation is 1. The summed E-state index contributed by atoms with van der Waals surface area (Å²) < 4.78 is 16.1. The van der Waals surface area contributed by atoms with Crippen LogP contribution in [0.5, 0.6) is 11.5 Å². The van der Waals surface area contributed by atoms with Crippen LogP contribution in [0.1, 0.15) is 5.56 Å². The van der Waals surface area contributed by atoms with Crippen molar-refractivity contribution >= 4 is 29.0 Å². The number of carbonyl (C=O) groups excluding carboxylic acids is 1. The Morgan fingerprint density at radius 1 is 1.20 bits per heavy atom. The molecule has 1 N–H and O–H groups in total. The molecule has 0 aliphatic heterocycles. The number of amides is 1. The zero-order chi connectivity index (χ0) is 21.7. The van der Waals surface area contributed by atoms with E-state index < -0.39 is 4.92 Å². The number of carbonyl (C=O) groups is 1. The molecule has 3 rings (SSSR count). The number of ether oxygens (including phenoxy) is 2. The number of hydrogen-bond acceptors (Lipinski definition) is 9. The van der Waals surface area contributed by atoms with Crippen LogP contribution in [0, 0.1) is 17.0 Å². The maximum Gasteiger partial charge on any atom is 0.277 e. The summed E-state index contributed by atoms with van der Waals surface area (Å²) in [6.45, 7) is 1.63. The van der Waals surface area contributed by atoms with Gasteiger partial charge < -0.3 is 19.2 Å². The summed E-state index contributed by atoms with van der Waals surface area (Å²) in [5, 5.41) is 21.8. The molecule has 0 bridgehead atoms. The van der Waals surface area contributed by atoms with E-state index in [0.29, 0.717) is 28.3 Å². The minimum Gasteiger partial charge on any atom is -0.497 e. The third-order valence-electron chi connectivity index (χ3n) is 4.06. The van der Waals surface area contributed by atoms with Crippen molar-refractivity contribution in [2.45, 2.75) is 12.1 Å². The van der Waals surface area contributed by atoms with Crippen LogP contribution in [0.15, 0.2) is 46.0 Å². The number of nitrogens with zero attached hydrogens (tertiary/aromatic N) is 3. The molecule has 0 aliphatic rings. The predicted molar refractivity (Wildman–Crippen MR) is 110 cm³/mol. The molecule has 0 spiro atoms. The summed E-state index contributed by atoms with van der Waals surface area (Å²) in [6, 6.07) is 9.66. The minimum absolute atomic E-state index is 0.0109. The van der Waals surface area contributed by atoms with Crippen molar-refractivity contribution in [2.24, 2.45) is 0 Å². The first-order chi connectivity index (χ1) is 14.4. The van der Waals surface area contributed by atoms with Gasteiger partial charge in [-0.05, 0) is 25.1 Å². The first-order valence-electron chi connectivity index (χ1n) is 8.65. The van der Waals surface area contributed by atoms with E-state index in [1.807, 2.05) is 0 Å². The van der Waals surface area contributed by atoms with Crippen molar-refractivity contribution < 1.29 is 23.6 Å². The molecule has 156 valence electrons. The second kappa shape index (κ2) is 9.27. The number of hydrogen-bond donors (Lipinski definition) is 1. The van der Waals surface area contributed by atoms with Crippen LogP contribution < -0.4 is 14.8 Å². The van der Waals surface area contributed by atoms with E-state index >= 15 is 0 Å². The first-order valence-corrected chi connectivity index (χ1v) is 9.63. The van der Waals surface area contributed by atoms with Gasteiger partial charge in [-0.15, -0.1) is 10.2 Å². The van der Waals surface area contributed by atoms with E-state index in [2.05, 4.69) is 15.5 Å². The summed E-state index contributed by atoms with van der Waals surface area (Å²) in [5.41, 5.74) is 1.39. The highest BCUT2D eigenvalue weighted by molar-refractivity contribution is 7.99. The van der Waals surface area contributed by atoms with Crippen molar-refractivity contribution in [3.05, 3.63) is 52.1 Å². The molecule has 0 fully saturated rings. The van der Waals surface area contributed by atoms with Gasteiger partial charge in [-0.2, -0.15) is 0 Å². The molecule has 30 heavy (non-hydrogen) atoms. The molecule has 0 radical (unpaired) electrons. The summed E-state index contributed by atoms with van der Waals surface area (Å²) >= 11 is 1.05. The van der Waals surface area contributed by atoms with Crippen LogP contribution in [0.25, 0.3) is 11.5 Å². The third-order valence-corrected chi connectivity index (χ3v) is 4.88. The van der Waals surface area contributed by atoms with Gasteiger partial charge in [0.1, 0.15) is 11.5 Å². The SMILES string of the molecule is COc1ccc(-c2nnc(SCC(=O)Nc3ccc(C)c([N+](=O)[O-])c3)o2)c(OC)c1. The molecule has 0 saturated carbocycles. The normalized spacial score (nSPS) is 10.5. The fourth-order valence-electron chi connectivity index (χ4n) is 2.56. The molecule has 1 aromatic heterocycles. The Morgan fingerprint density at radius 3 is 2.70 bits per heavy atom. The van der Waals surface area contributed by atoms with E-state index in [-0.39, 0.29) is 28.5 Å². The Kier molecular flexibility index (Phi) is 6.52. The van der Waals surface area contributed by atoms with E-state index in [0.717, 1.165) is 11.8 Å². The molecular weight excluding hydrogens is 412 g/mol. The van der Waals surface area contributed by atoms with E-state index in [9.17, 15) is 14.9 Å². The molecule has 0 unspecified atom stereocenters. The smallest absolute Gasteiger partial charge is 0.277 e. The fraction of sp³-hybridized carbons (Fsp3) is 0.211. The maximum atomic E-state index is 12.2. The van der Waals surface area contributed by atoms with Gasteiger partial charge in [-0.3, -0.25) is 14.9 Å². The van der Waals surface area contributed by atoms with E-state index in [1.165, 1.54) is 13.2 Å². The molecule has 0 aliphatic carbocycles. The molecule has 3 aromatic rings. The van der Waals surface area contributed by atoms with E-state index in [1.54, 1.807) is 44.4 Å². The highest BCUT2D eigenvalue weighted by Crippen LogP contribution is 2.33. The largest absolute Gasteiger partial charge is 0.497 e. The number of anilines is 1. The van der Waals surface area contributed by atoms with Gasteiger partial charge in [-0.25, -0.2) is 0 Å². The molecule has 10 nitrogen and oxygen atoms in total. The molecule has 2 aromatic carbocycles. The van der Waals surface area contributed by atoms with Crippen LogP contribution in [-0.4, -0.2) is 41.0 Å². The topological polar surface area (TPSA) is 130 Å². The Bertz CT molecular complexity index is 1080. The Balaban J connectivity index is 1.64. The van der Waals surface area contributed by atoms with Crippen molar-refractivity contribution in [3.63, 3.8) is 0 Å². The number of aromatic nitrogens is 2. The number of nitro benzene ring substituents is 1. The monoisotopic (exact) mass is 430 g/mol. The molecule has 11 heteroatoms. The molecule has 0 saturated heterocycles. The predicted octanol–water partition coefficient (Wildman–Crippen LogP) is 3.70. The summed E-state index contributed by atoms with van der Waals surface area (Å²) in [6.07, 6.45) is 0. The number of thioether (sulfide) groups is 1. The molecule has 0 atom stereocenters. The first kappa shape index (κ1) is 21.1. The lowest BCUT2D eigenvalue weighted by atomic mass is 10.2. The van der Waals surface area contributed by atoms with Crippen molar-refractivity contribution in [2.75, 3.05) is 25.3 Å². The van der Waals surface area contributed by atoms with Crippen LogP contribution >= 0.6 is 11.8 Å². The lowest BCUT2D eigenvalue weighted by Gasteiger charge is -2.07. The van der Waals surface area contributed by atoms with Crippen LogP contribution in [0.3, 0.4) is 0 Å². The number of rotatable bonds is 8. The zero-order valence-electron chi connectivity index (χ0n) is 16.4. The lowest BCUT2D eigenvalue weighted by Crippen LogP contribution is -2.14. The summed E-state index contributed by atoms with van der Waals surface area (Å²) in [4.78, 5) is 22.7. The van der Waals surface area contributed by atoms with Gasteiger partial charge in [0.05, 0.1) is 30.5 Å². The van der Waals surface area contributed by atoms with Crippen molar-refractivity contribution in [1.29, 1.82) is 0 Å². The van der Waals surface area contributed by atoms with Gasteiger partial charge in [0.15, 0.2) is 0 Å². The number of nitrogens with one attached hydrogen (secondary N) is 1. The van der Waals surface area contributed by atoms with Crippen LogP contribution in [-0.2, 0) is 4.79 Å². The van der Waals surface area contributed by atoms with Gasteiger partial charge >= 0.3 is 0 Å². The highest BCUT2D eigenvalue weighted by Gasteiger charge is 2.16. The van der Waals surface area contributed by atoms with Crippen molar-refractivity contribution in [1.82, 2.24) is 10.2 Å². The fourth-order valence-corrected chi connectivity index (χ4v) is 3.12. The van der Waals surface area contributed by atoms with Gasteiger partial charge in [0.25, 0.3) is 16.8 Å². The summed E-state index contributed by atoms with van der Waals surface area (Å²) in [7, 11) is 3.07. The number of benzene rings is 2. The Hall–Kier alpha value is -3.60. The van der Waals surface area contributed by atoms with Crippen molar-refractivity contribution in [3.8, 4) is 23.0 Å². The standard InChI is InChI=1S/C19H18N4O6S/c1-11-4-5-12(8-15(11)23(25)26)20-17(24)10-30-19-22-21-18(29-19)14-7-6-13(27-2)9-16(14)28-3/h4-9H,10H2,1-3H3,(H,20,24). The zero-order valence-corrected chi connectivity index (χ0v) is 17.2. The van der Waals surface area contributed by atoms with E-state index in [4.69, 9.17) is 13.9 Å². The average molecular weight is 430 g/mol.